The summed E-state index contributed by atoms with van der Waals surface area (Å²) in [6.07, 6.45) is 0.742. The molecule has 20 heavy (non-hydrogen) atoms. The molecular weight excluding hydrogens is 287 g/mol. The molecule has 2 aromatic rings. The Bertz CT molecular complexity index is 739. The molecule has 2 rings (SSSR count). The molecule has 0 atom stereocenters. The largest absolute Gasteiger partial charge is 0.492 e. The fourth-order valence-corrected chi connectivity index (χ4v) is 1.99. The molecular formula is C13H12ClFN2O3. The lowest BCUT2D eigenvalue weighted by molar-refractivity contribution is 0.340. The lowest BCUT2D eigenvalue weighted by Gasteiger charge is -2.08. The Hall–Kier alpha value is -2.08. The summed E-state index contributed by atoms with van der Waals surface area (Å²) in [6.45, 7) is 2.23. The second-order valence-electron chi connectivity index (χ2n) is 4.03. The Morgan fingerprint density at radius 2 is 2.15 bits per heavy atom. The van der Waals surface area contributed by atoms with Gasteiger partial charge in [-0.05, 0) is 24.6 Å². The molecule has 106 valence electrons. The minimum absolute atomic E-state index is 0.0714. The first-order valence-electron chi connectivity index (χ1n) is 5.92. The molecule has 0 radical (unpaired) electrons. The number of ether oxygens (including phenoxy) is 1. The molecule has 1 aromatic heterocycles. The number of nitrogens with zero attached hydrogens (tertiary/aromatic N) is 1. The number of hydrogen-bond donors (Lipinski definition) is 1. The predicted octanol–water partition coefficient (Wildman–Crippen LogP) is 1.78. The van der Waals surface area contributed by atoms with Crippen LogP contribution < -0.4 is 16.0 Å². The van der Waals surface area contributed by atoms with Crippen LogP contribution in [0.1, 0.15) is 12.5 Å². The molecule has 1 N–H and O–H groups in total. The van der Waals surface area contributed by atoms with Crippen LogP contribution in [0.4, 0.5) is 4.39 Å². The number of nitrogens with one attached hydrogen (secondary N) is 1. The van der Waals surface area contributed by atoms with Crippen LogP contribution in [-0.2, 0) is 6.54 Å². The molecule has 0 saturated heterocycles. The van der Waals surface area contributed by atoms with E-state index in [-0.39, 0.29) is 6.54 Å². The van der Waals surface area contributed by atoms with Crippen molar-refractivity contribution in [3.05, 3.63) is 61.6 Å². The van der Waals surface area contributed by atoms with Crippen LogP contribution in [0.25, 0.3) is 0 Å². The van der Waals surface area contributed by atoms with Crippen molar-refractivity contribution < 1.29 is 9.13 Å². The van der Waals surface area contributed by atoms with E-state index in [1.807, 2.05) is 6.92 Å². The first-order valence-corrected chi connectivity index (χ1v) is 6.30. The second-order valence-corrected chi connectivity index (χ2v) is 4.44. The van der Waals surface area contributed by atoms with Crippen molar-refractivity contribution in [3.63, 3.8) is 0 Å². The van der Waals surface area contributed by atoms with Crippen LogP contribution >= 0.6 is 11.6 Å². The first kappa shape index (κ1) is 14.3. The van der Waals surface area contributed by atoms with Crippen LogP contribution in [0.3, 0.4) is 0 Å². The monoisotopic (exact) mass is 298 g/mol. The van der Waals surface area contributed by atoms with Crippen LogP contribution in [0.5, 0.6) is 5.75 Å². The van der Waals surface area contributed by atoms with Gasteiger partial charge in [-0.1, -0.05) is 17.7 Å². The Balaban J connectivity index is 2.36. The van der Waals surface area contributed by atoms with Gasteiger partial charge in [0, 0.05) is 6.20 Å². The maximum atomic E-state index is 13.2. The SMILES string of the molecule is CCOc1ccc(Cn2c(=O)[nH]cc(F)c2=O)cc1Cl. The molecule has 0 spiro atoms. The number of H-pyrrole nitrogens is 1. The molecule has 0 fully saturated rings. The lowest BCUT2D eigenvalue weighted by atomic mass is 10.2. The number of aromatic nitrogens is 2. The fourth-order valence-electron chi connectivity index (χ4n) is 1.73. The highest BCUT2D eigenvalue weighted by molar-refractivity contribution is 6.32. The summed E-state index contributed by atoms with van der Waals surface area (Å²) in [7, 11) is 0. The third kappa shape index (κ3) is 2.91. The number of aromatic amines is 1. The van der Waals surface area contributed by atoms with Gasteiger partial charge < -0.3 is 9.72 Å². The van der Waals surface area contributed by atoms with Crippen LogP contribution in [-0.4, -0.2) is 16.2 Å². The van der Waals surface area contributed by atoms with Gasteiger partial charge in [0.25, 0.3) is 5.56 Å². The van der Waals surface area contributed by atoms with E-state index in [4.69, 9.17) is 16.3 Å². The molecule has 0 aliphatic heterocycles. The zero-order valence-electron chi connectivity index (χ0n) is 10.7. The summed E-state index contributed by atoms with van der Waals surface area (Å²) in [6, 6.07) is 4.87. The van der Waals surface area contributed by atoms with Gasteiger partial charge in [0.05, 0.1) is 18.2 Å². The number of benzene rings is 1. The highest BCUT2D eigenvalue weighted by Crippen LogP contribution is 2.25. The van der Waals surface area contributed by atoms with Gasteiger partial charge in [-0.3, -0.25) is 9.36 Å². The summed E-state index contributed by atoms with van der Waals surface area (Å²) in [4.78, 5) is 25.2. The molecule has 5 nitrogen and oxygen atoms in total. The fraction of sp³-hybridized carbons (Fsp3) is 0.231. The standard InChI is InChI=1S/C13H12ClFN2O3/c1-2-20-11-4-3-8(5-9(11)14)7-17-12(18)10(15)6-16-13(17)19/h3-6H,2,7H2,1H3,(H,16,19). The van der Waals surface area contributed by atoms with E-state index in [1.54, 1.807) is 18.2 Å². The van der Waals surface area contributed by atoms with E-state index in [1.165, 1.54) is 0 Å². The van der Waals surface area contributed by atoms with Crippen molar-refractivity contribution >= 4 is 11.6 Å². The van der Waals surface area contributed by atoms with E-state index >= 15 is 0 Å². The van der Waals surface area contributed by atoms with Gasteiger partial charge in [-0.25, -0.2) is 4.79 Å². The molecule has 0 amide bonds. The summed E-state index contributed by atoms with van der Waals surface area (Å²) in [5.74, 6) is -0.500. The Labute approximate surface area is 118 Å². The van der Waals surface area contributed by atoms with E-state index in [2.05, 4.69) is 4.98 Å². The number of rotatable bonds is 4. The summed E-state index contributed by atoms with van der Waals surface area (Å²) in [5.41, 5.74) is -1.06. The molecule has 0 bridgehead atoms. The minimum Gasteiger partial charge on any atom is -0.492 e. The van der Waals surface area contributed by atoms with Crippen LogP contribution in [0.2, 0.25) is 5.02 Å². The average Bonchev–Trinajstić information content (AvgIpc) is 2.42. The van der Waals surface area contributed by atoms with Gasteiger partial charge in [0.2, 0.25) is 5.82 Å². The average molecular weight is 299 g/mol. The van der Waals surface area contributed by atoms with E-state index < -0.39 is 17.1 Å². The Kier molecular flexibility index (Phi) is 4.24. The third-order valence-electron chi connectivity index (χ3n) is 2.65. The molecule has 1 aromatic carbocycles. The van der Waals surface area contributed by atoms with Gasteiger partial charge in [-0.2, -0.15) is 4.39 Å². The van der Waals surface area contributed by atoms with Crippen molar-refractivity contribution in [2.75, 3.05) is 6.61 Å². The summed E-state index contributed by atoms with van der Waals surface area (Å²) in [5, 5.41) is 0.366. The van der Waals surface area contributed by atoms with Gasteiger partial charge >= 0.3 is 5.69 Å². The van der Waals surface area contributed by atoms with Crippen LogP contribution in [0.15, 0.2) is 34.0 Å². The normalized spacial score (nSPS) is 10.6. The highest BCUT2D eigenvalue weighted by atomic mass is 35.5. The second kappa shape index (κ2) is 5.92. The van der Waals surface area contributed by atoms with Crippen molar-refractivity contribution in [3.8, 4) is 5.75 Å². The summed E-state index contributed by atoms with van der Waals surface area (Å²) >= 11 is 6.01. The maximum absolute atomic E-state index is 13.2. The Morgan fingerprint density at radius 3 is 2.80 bits per heavy atom. The number of hydrogen-bond acceptors (Lipinski definition) is 3. The quantitative estimate of drug-likeness (QED) is 0.936. The molecule has 0 saturated carbocycles. The van der Waals surface area contributed by atoms with Crippen molar-refractivity contribution in [1.29, 1.82) is 0 Å². The molecule has 7 heteroatoms. The third-order valence-corrected chi connectivity index (χ3v) is 2.95. The molecule has 0 aliphatic rings. The highest BCUT2D eigenvalue weighted by Gasteiger charge is 2.09. The van der Waals surface area contributed by atoms with Gasteiger partial charge in [0.1, 0.15) is 5.75 Å². The van der Waals surface area contributed by atoms with E-state index in [9.17, 15) is 14.0 Å². The van der Waals surface area contributed by atoms with Crippen molar-refractivity contribution in [2.45, 2.75) is 13.5 Å². The molecule has 1 heterocycles. The Morgan fingerprint density at radius 1 is 1.40 bits per heavy atom. The van der Waals surface area contributed by atoms with Gasteiger partial charge in [0.15, 0.2) is 0 Å². The van der Waals surface area contributed by atoms with Crippen molar-refractivity contribution in [1.82, 2.24) is 9.55 Å². The first-order chi connectivity index (χ1) is 9.52. The lowest BCUT2D eigenvalue weighted by Crippen LogP contribution is -2.36. The maximum Gasteiger partial charge on any atom is 0.328 e. The predicted molar refractivity (Wildman–Crippen MR) is 73.0 cm³/mol. The molecule has 0 aliphatic carbocycles. The minimum atomic E-state index is -1.01. The van der Waals surface area contributed by atoms with E-state index in [0.29, 0.717) is 22.9 Å². The smallest absolute Gasteiger partial charge is 0.328 e. The zero-order chi connectivity index (χ0) is 14.7. The van der Waals surface area contributed by atoms with Crippen molar-refractivity contribution in [2.24, 2.45) is 0 Å². The topological polar surface area (TPSA) is 64.1 Å². The van der Waals surface area contributed by atoms with Crippen LogP contribution in [0, 0.1) is 5.82 Å². The zero-order valence-corrected chi connectivity index (χ0v) is 11.4. The van der Waals surface area contributed by atoms with Gasteiger partial charge in [-0.15, -0.1) is 0 Å². The number of halogens is 2. The summed E-state index contributed by atoms with van der Waals surface area (Å²) < 4.78 is 19.2. The molecule has 0 unspecified atom stereocenters. The van der Waals surface area contributed by atoms with E-state index in [0.717, 1.165) is 10.8 Å².